The van der Waals surface area contributed by atoms with Gasteiger partial charge < -0.3 is 10.2 Å². The second-order valence-corrected chi connectivity index (χ2v) is 4.54. The minimum absolute atomic E-state index is 0.183. The molecule has 1 N–H and O–H groups in total. The number of terminal acetylenes is 1. The number of carbonyl (C=O) groups excluding carboxylic acids is 1. The summed E-state index contributed by atoms with van der Waals surface area (Å²) in [6, 6.07) is 0.432. The average molecular weight is 208 g/mol. The summed E-state index contributed by atoms with van der Waals surface area (Å²) in [4.78, 5) is 13.3. The van der Waals surface area contributed by atoms with Crippen molar-refractivity contribution in [3.8, 4) is 12.3 Å². The first-order valence-electron chi connectivity index (χ1n) is 5.62. The van der Waals surface area contributed by atoms with Crippen LogP contribution in [0.4, 0.5) is 0 Å². The van der Waals surface area contributed by atoms with Crippen molar-refractivity contribution < 1.29 is 4.79 Å². The first kappa shape index (κ1) is 12.1. The molecule has 1 aliphatic heterocycles. The lowest BCUT2D eigenvalue weighted by molar-refractivity contribution is -0.125. The maximum atomic E-state index is 11.5. The first-order valence-corrected chi connectivity index (χ1v) is 5.62. The fourth-order valence-corrected chi connectivity index (χ4v) is 1.95. The van der Waals surface area contributed by atoms with Crippen molar-refractivity contribution in [1.29, 1.82) is 0 Å². The molecule has 0 aromatic rings. The molecule has 1 rings (SSSR count). The topological polar surface area (TPSA) is 32.3 Å². The molecule has 1 saturated heterocycles. The van der Waals surface area contributed by atoms with Crippen molar-refractivity contribution in [2.45, 2.75) is 32.7 Å². The Kier molecular flexibility index (Phi) is 4.64. The normalized spacial score (nSPS) is 20.3. The summed E-state index contributed by atoms with van der Waals surface area (Å²) in [6.07, 6.45) is 7.51. The lowest BCUT2D eigenvalue weighted by atomic mass is 10.1. The number of hydrogen-bond acceptors (Lipinski definition) is 2. The molecule has 1 amide bonds. The van der Waals surface area contributed by atoms with Gasteiger partial charge in [0.2, 0.25) is 0 Å². The van der Waals surface area contributed by atoms with E-state index in [9.17, 15) is 4.79 Å². The molecule has 1 atom stereocenters. The summed E-state index contributed by atoms with van der Waals surface area (Å²) >= 11 is 0. The van der Waals surface area contributed by atoms with Crippen LogP contribution in [0.3, 0.4) is 0 Å². The molecule has 0 aromatic heterocycles. The standard InChI is InChI=1S/C12H20N2O/c1-4-12(15)14(8-10(2)3)9-11-6-5-7-13-11/h1,10-11,13H,5-9H2,2-3H3. The van der Waals surface area contributed by atoms with Crippen molar-refractivity contribution in [3.63, 3.8) is 0 Å². The third-order valence-corrected chi connectivity index (χ3v) is 2.60. The molecule has 0 radical (unpaired) electrons. The number of carbonyl (C=O) groups is 1. The molecule has 0 spiro atoms. The number of nitrogens with one attached hydrogen (secondary N) is 1. The number of rotatable bonds is 4. The summed E-state index contributed by atoms with van der Waals surface area (Å²) in [5.74, 6) is 2.48. The van der Waals surface area contributed by atoms with Gasteiger partial charge in [0.1, 0.15) is 0 Å². The Hall–Kier alpha value is -1.01. The lowest BCUT2D eigenvalue weighted by Gasteiger charge is -2.25. The van der Waals surface area contributed by atoms with Gasteiger partial charge in [0.15, 0.2) is 0 Å². The molecule has 0 aliphatic carbocycles. The van der Waals surface area contributed by atoms with E-state index >= 15 is 0 Å². The molecule has 1 unspecified atom stereocenters. The van der Waals surface area contributed by atoms with Gasteiger partial charge in [-0.1, -0.05) is 13.8 Å². The second-order valence-electron chi connectivity index (χ2n) is 4.54. The largest absolute Gasteiger partial charge is 0.330 e. The van der Waals surface area contributed by atoms with Gasteiger partial charge in [0.25, 0.3) is 5.91 Å². The third-order valence-electron chi connectivity index (χ3n) is 2.60. The van der Waals surface area contributed by atoms with Crippen molar-refractivity contribution in [2.75, 3.05) is 19.6 Å². The van der Waals surface area contributed by atoms with Gasteiger partial charge in [-0.3, -0.25) is 4.79 Å². The minimum Gasteiger partial charge on any atom is -0.330 e. The van der Waals surface area contributed by atoms with E-state index in [4.69, 9.17) is 6.42 Å². The van der Waals surface area contributed by atoms with Crippen LogP contribution in [-0.2, 0) is 4.79 Å². The monoisotopic (exact) mass is 208 g/mol. The van der Waals surface area contributed by atoms with Gasteiger partial charge in [0.05, 0.1) is 0 Å². The van der Waals surface area contributed by atoms with E-state index in [1.54, 1.807) is 4.90 Å². The van der Waals surface area contributed by atoms with E-state index in [-0.39, 0.29) is 5.91 Å². The highest BCUT2D eigenvalue weighted by Gasteiger charge is 2.20. The molecule has 15 heavy (non-hydrogen) atoms. The van der Waals surface area contributed by atoms with E-state index in [1.807, 2.05) is 0 Å². The Morgan fingerprint density at radius 1 is 1.67 bits per heavy atom. The average Bonchev–Trinajstić information content (AvgIpc) is 2.67. The maximum absolute atomic E-state index is 11.5. The molecular formula is C12H20N2O. The smallest absolute Gasteiger partial charge is 0.298 e. The van der Waals surface area contributed by atoms with Crippen LogP contribution in [0.15, 0.2) is 0 Å². The van der Waals surface area contributed by atoms with Crippen LogP contribution in [0.2, 0.25) is 0 Å². The van der Waals surface area contributed by atoms with Crippen molar-refractivity contribution in [1.82, 2.24) is 10.2 Å². The van der Waals surface area contributed by atoms with Crippen LogP contribution in [0.1, 0.15) is 26.7 Å². The van der Waals surface area contributed by atoms with Crippen molar-refractivity contribution in [2.24, 2.45) is 5.92 Å². The highest BCUT2D eigenvalue weighted by molar-refractivity contribution is 5.92. The maximum Gasteiger partial charge on any atom is 0.298 e. The second kappa shape index (κ2) is 5.77. The molecule has 3 heteroatoms. The van der Waals surface area contributed by atoms with Crippen molar-refractivity contribution in [3.05, 3.63) is 0 Å². The van der Waals surface area contributed by atoms with E-state index in [2.05, 4.69) is 25.1 Å². The van der Waals surface area contributed by atoms with Gasteiger partial charge in [-0.25, -0.2) is 0 Å². The number of nitrogens with zero attached hydrogens (tertiary/aromatic N) is 1. The highest BCUT2D eigenvalue weighted by atomic mass is 16.2. The minimum atomic E-state index is -0.183. The van der Waals surface area contributed by atoms with E-state index in [1.165, 1.54) is 6.42 Å². The Balaban J connectivity index is 2.48. The van der Waals surface area contributed by atoms with Crippen LogP contribution in [0, 0.1) is 18.3 Å². The summed E-state index contributed by atoms with van der Waals surface area (Å²) < 4.78 is 0. The first-order chi connectivity index (χ1) is 7.13. The summed E-state index contributed by atoms with van der Waals surface area (Å²) in [5.41, 5.74) is 0. The highest BCUT2D eigenvalue weighted by Crippen LogP contribution is 2.08. The molecular weight excluding hydrogens is 188 g/mol. The lowest BCUT2D eigenvalue weighted by Crippen LogP contribution is -2.42. The third kappa shape index (κ3) is 3.93. The molecule has 1 aliphatic rings. The summed E-state index contributed by atoms with van der Waals surface area (Å²) in [6.45, 7) is 6.75. The molecule has 0 saturated carbocycles. The predicted octanol–water partition coefficient (Wildman–Crippen LogP) is 0.856. The predicted molar refractivity (Wildman–Crippen MR) is 61.3 cm³/mol. The van der Waals surface area contributed by atoms with Gasteiger partial charge in [-0.05, 0) is 31.2 Å². The molecule has 1 fully saturated rings. The van der Waals surface area contributed by atoms with Gasteiger partial charge >= 0.3 is 0 Å². The van der Waals surface area contributed by atoms with Gasteiger partial charge in [-0.15, -0.1) is 6.42 Å². The van der Waals surface area contributed by atoms with E-state index in [0.717, 1.165) is 26.1 Å². The molecule has 0 aromatic carbocycles. The number of hydrogen-bond donors (Lipinski definition) is 1. The van der Waals surface area contributed by atoms with Gasteiger partial charge in [-0.2, -0.15) is 0 Å². The fourth-order valence-electron chi connectivity index (χ4n) is 1.95. The summed E-state index contributed by atoms with van der Waals surface area (Å²) in [7, 11) is 0. The van der Waals surface area contributed by atoms with Crippen LogP contribution in [-0.4, -0.2) is 36.5 Å². The Morgan fingerprint density at radius 2 is 2.40 bits per heavy atom. The molecule has 84 valence electrons. The molecule has 1 heterocycles. The Bertz CT molecular complexity index is 249. The SMILES string of the molecule is C#CC(=O)N(CC(C)C)CC1CCCN1. The van der Waals surface area contributed by atoms with E-state index < -0.39 is 0 Å². The number of amides is 1. The molecule has 0 bridgehead atoms. The Morgan fingerprint density at radius 3 is 2.87 bits per heavy atom. The van der Waals surface area contributed by atoms with Crippen LogP contribution in [0.5, 0.6) is 0 Å². The van der Waals surface area contributed by atoms with Crippen LogP contribution in [0.25, 0.3) is 0 Å². The van der Waals surface area contributed by atoms with Crippen LogP contribution >= 0.6 is 0 Å². The Labute approximate surface area is 92.2 Å². The quantitative estimate of drug-likeness (QED) is 0.695. The zero-order valence-electron chi connectivity index (χ0n) is 9.62. The van der Waals surface area contributed by atoms with Crippen LogP contribution < -0.4 is 5.32 Å². The fraction of sp³-hybridized carbons (Fsp3) is 0.750. The molecule has 3 nitrogen and oxygen atoms in total. The van der Waals surface area contributed by atoms with Gasteiger partial charge in [0, 0.05) is 19.1 Å². The van der Waals surface area contributed by atoms with E-state index in [0.29, 0.717) is 12.0 Å². The summed E-state index contributed by atoms with van der Waals surface area (Å²) in [5, 5.41) is 3.38. The zero-order chi connectivity index (χ0) is 11.3. The zero-order valence-corrected chi connectivity index (χ0v) is 9.62. The van der Waals surface area contributed by atoms with Crippen molar-refractivity contribution >= 4 is 5.91 Å².